The minimum absolute atomic E-state index is 0.000592. The number of anilines is 2. The molecule has 2 aliphatic rings. The fraction of sp³-hybridized carbons (Fsp3) is 0.538. The number of hydrogen-bond acceptors (Lipinski definition) is 5. The van der Waals surface area contributed by atoms with Gasteiger partial charge in [-0.25, -0.2) is 14.3 Å². The number of fused-ring (bicyclic) bond motifs is 3. The maximum atomic E-state index is 14.4. The molecule has 0 spiro atoms. The summed E-state index contributed by atoms with van der Waals surface area (Å²) in [7, 11) is -2.12. The van der Waals surface area contributed by atoms with Crippen LogP contribution < -0.4 is 10.2 Å². The number of urea groups is 1. The molecule has 0 radical (unpaired) electrons. The molecule has 0 bridgehead atoms. The minimum Gasteiger partial charge on any atom is -0.408 e. The molecule has 1 saturated carbocycles. The van der Waals surface area contributed by atoms with E-state index in [1.165, 1.54) is 18.5 Å². The maximum Gasteiger partial charge on any atom is 0.401 e. The van der Waals surface area contributed by atoms with Crippen LogP contribution in [0.15, 0.2) is 24.5 Å². The number of nitrogens with one attached hydrogen (secondary N) is 1. The molecular formula is C26H31Cl2F3N6O2Si. The lowest BCUT2D eigenvalue weighted by atomic mass is 9.88. The van der Waals surface area contributed by atoms with Crippen LogP contribution in [0.4, 0.5) is 29.3 Å². The molecule has 3 aromatic rings. The molecule has 1 aliphatic carbocycles. The Labute approximate surface area is 241 Å². The zero-order chi connectivity index (χ0) is 29.4. The second kappa shape index (κ2) is 9.57. The summed E-state index contributed by atoms with van der Waals surface area (Å²) in [5.74, 6) is 0.320. The first-order valence-electron chi connectivity index (χ1n) is 13.0. The first-order chi connectivity index (χ1) is 18.4. The fourth-order valence-corrected chi connectivity index (χ4v) is 6.42. The highest BCUT2D eigenvalue weighted by Crippen LogP contribution is 2.51. The monoisotopic (exact) mass is 614 g/mol. The second-order valence-corrected chi connectivity index (χ2v) is 17.9. The second-order valence-electron chi connectivity index (χ2n) is 12.3. The third-order valence-electron chi connectivity index (χ3n) is 8.26. The molecule has 40 heavy (non-hydrogen) atoms. The molecule has 1 aliphatic heterocycles. The van der Waals surface area contributed by atoms with Gasteiger partial charge in [0.2, 0.25) is 0 Å². The highest BCUT2D eigenvalue weighted by molar-refractivity contribution is 6.74. The molecule has 3 aromatic heterocycles. The number of pyridine rings is 1. The molecule has 216 valence electrons. The van der Waals surface area contributed by atoms with Gasteiger partial charge < -0.3 is 9.74 Å². The van der Waals surface area contributed by atoms with E-state index in [9.17, 15) is 18.0 Å². The van der Waals surface area contributed by atoms with Crippen molar-refractivity contribution in [3.05, 3.63) is 46.1 Å². The molecule has 1 N–H and O–H groups in total. The summed E-state index contributed by atoms with van der Waals surface area (Å²) in [5.41, 5.74) is -1.64. The SMILES string of the molecule is CC(C)(C)[Si](C)(C)OC(c1ncc(NC(=O)N2C[C@@](C)(C(F)(F)F)c3c2cnc2cc(Cl)nn32)cc1Cl)C1CC1. The van der Waals surface area contributed by atoms with Crippen molar-refractivity contribution in [2.24, 2.45) is 5.92 Å². The molecule has 5 rings (SSSR count). The number of halogens is 5. The minimum atomic E-state index is -4.68. The standard InChI is InChI=1S/C26H31Cl2F3N6O2Si/c1-24(2,3)40(5,6)39-21(14-7-8-14)20-16(27)9-15(11-33-20)34-23(38)36-13-25(4,26(29,30)31)22-17(36)12-32-19-10-18(28)35-37(19)22/h9-12,14,21H,7-8,13H2,1-6H3,(H,34,38)/t21?,25-/m1/s1. The van der Waals surface area contributed by atoms with Crippen LogP contribution in [0.5, 0.6) is 0 Å². The van der Waals surface area contributed by atoms with E-state index in [0.717, 1.165) is 29.2 Å². The number of nitrogens with zero attached hydrogens (tertiary/aromatic N) is 5. The van der Waals surface area contributed by atoms with Gasteiger partial charge in [0, 0.05) is 12.6 Å². The lowest BCUT2D eigenvalue weighted by molar-refractivity contribution is -0.181. The van der Waals surface area contributed by atoms with E-state index in [1.807, 2.05) is 0 Å². The number of rotatable bonds is 5. The third kappa shape index (κ3) is 4.97. The molecule has 0 aromatic carbocycles. The number of alkyl halides is 3. The van der Waals surface area contributed by atoms with Crippen LogP contribution in [0.3, 0.4) is 0 Å². The van der Waals surface area contributed by atoms with E-state index >= 15 is 0 Å². The maximum absolute atomic E-state index is 14.4. The molecule has 1 unspecified atom stereocenters. The van der Waals surface area contributed by atoms with Crippen molar-refractivity contribution in [1.82, 2.24) is 19.6 Å². The Morgan fingerprint density at radius 3 is 2.42 bits per heavy atom. The van der Waals surface area contributed by atoms with Gasteiger partial charge in [-0.3, -0.25) is 9.88 Å². The van der Waals surface area contributed by atoms with Crippen LogP contribution in [0.2, 0.25) is 28.3 Å². The quantitative estimate of drug-likeness (QED) is 0.297. The molecule has 14 heteroatoms. The number of hydrogen-bond donors (Lipinski definition) is 1. The van der Waals surface area contributed by atoms with Crippen molar-refractivity contribution in [2.75, 3.05) is 16.8 Å². The van der Waals surface area contributed by atoms with E-state index < -0.39 is 32.5 Å². The van der Waals surface area contributed by atoms with Crippen molar-refractivity contribution >= 4 is 54.6 Å². The van der Waals surface area contributed by atoms with Crippen LogP contribution in [-0.2, 0) is 9.84 Å². The Kier molecular flexibility index (Phi) is 6.96. The van der Waals surface area contributed by atoms with Crippen molar-refractivity contribution in [1.29, 1.82) is 0 Å². The average molecular weight is 616 g/mol. The highest BCUT2D eigenvalue weighted by atomic mass is 35.5. The molecule has 8 nitrogen and oxygen atoms in total. The molecule has 0 saturated heterocycles. The summed E-state index contributed by atoms with van der Waals surface area (Å²) >= 11 is 12.6. The van der Waals surface area contributed by atoms with Crippen molar-refractivity contribution in [3.8, 4) is 0 Å². The Hall–Kier alpha value is -2.41. The predicted molar refractivity (Wildman–Crippen MR) is 151 cm³/mol. The normalized spacial score (nSPS) is 20.6. The fourth-order valence-electron chi connectivity index (χ4n) is 4.68. The zero-order valence-electron chi connectivity index (χ0n) is 23.0. The van der Waals surface area contributed by atoms with Gasteiger partial charge in [0.1, 0.15) is 5.41 Å². The van der Waals surface area contributed by atoms with Crippen LogP contribution >= 0.6 is 23.2 Å². The van der Waals surface area contributed by atoms with Gasteiger partial charge in [-0.1, -0.05) is 44.0 Å². The Morgan fingerprint density at radius 1 is 1.18 bits per heavy atom. The van der Waals surface area contributed by atoms with Gasteiger partial charge >= 0.3 is 12.2 Å². The van der Waals surface area contributed by atoms with E-state index in [0.29, 0.717) is 16.6 Å². The number of amides is 2. The van der Waals surface area contributed by atoms with Gasteiger partial charge in [-0.2, -0.15) is 18.3 Å². The summed E-state index contributed by atoms with van der Waals surface area (Å²) in [6.45, 7) is 11.2. The largest absolute Gasteiger partial charge is 0.408 e. The Bertz CT molecular complexity index is 1490. The lowest BCUT2D eigenvalue weighted by Crippen LogP contribution is -2.46. The Morgan fingerprint density at radius 2 is 1.85 bits per heavy atom. The summed E-state index contributed by atoms with van der Waals surface area (Å²) in [5, 5.41) is 6.96. The van der Waals surface area contributed by atoms with Crippen LogP contribution in [0.25, 0.3) is 5.65 Å². The molecule has 1 fully saturated rings. The van der Waals surface area contributed by atoms with Crippen molar-refractivity contribution < 1.29 is 22.4 Å². The summed E-state index contributed by atoms with van der Waals surface area (Å²) in [6, 6.07) is 2.14. The number of carbonyl (C=O) groups is 1. The van der Waals surface area contributed by atoms with Gasteiger partial charge in [0.25, 0.3) is 0 Å². The van der Waals surface area contributed by atoms with E-state index in [-0.39, 0.29) is 39.0 Å². The molecule has 2 atom stereocenters. The highest BCUT2D eigenvalue weighted by Gasteiger charge is 2.60. The third-order valence-corrected chi connectivity index (χ3v) is 13.2. The molecule has 2 amide bonds. The topological polar surface area (TPSA) is 84.6 Å². The van der Waals surface area contributed by atoms with Crippen molar-refractivity contribution in [3.63, 3.8) is 0 Å². The smallest absolute Gasteiger partial charge is 0.401 e. The summed E-state index contributed by atoms with van der Waals surface area (Å²) in [6.07, 6.45) is -0.219. The van der Waals surface area contributed by atoms with Gasteiger partial charge in [-0.05, 0) is 49.9 Å². The number of carbonyl (C=O) groups excluding carboxylic acids is 1. The Balaban J connectivity index is 1.43. The van der Waals surface area contributed by atoms with Gasteiger partial charge in [-0.15, -0.1) is 0 Å². The average Bonchev–Trinajstić information content (AvgIpc) is 3.51. The van der Waals surface area contributed by atoms with E-state index in [2.05, 4.69) is 54.2 Å². The van der Waals surface area contributed by atoms with Crippen LogP contribution in [-0.4, -0.2) is 46.7 Å². The van der Waals surface area contributed by atoms with E-state index in [1.54, 1.807) is 6.07 Å². The van der Waals surface area contributed by atoms with E-state index in [4.69, 9.17) is 27.6 Å². The van der Waals surface area contributed by atoms with Crippen LogP contribution in [0.1, 0.15) is 58.0 Å². The summed E-state index contributed by atoms with van der Waals surface area (Å²) in [4.78, 5) is 23.1. The zero-order valence-corrected chi connectivity index (χ0v) is 25.5. The van der Waals surface area contributed by atoms with Crippen LogP contribution in [0, 0.1) is 5.92 Å². The first kappa shape index (κ1) is 29.1. The van der Waals surface area contributed by atoms with Gasteiger partial charge in [0.15, 0.2) is 19.1 Å². The van der Waals surface area contributed by atoms with Crippen molar-refractivity contribution in [2.45, 2.75) is 76.4 Å². The summed E-state index contributed by atoms with van der Waals surface area (Å²) < 4.78 is 50.8. The lowest BCUT2D eigenvalue weighted by Gasteiger charge is -2.39. The first-order valence-corrected chi connectivity index (χ1v) is 16.6. The number of aromatic nitrogens is 4. The van der Waals surface area contributed by atoms with Gasteiger partial charge in [0.05, 0.1) is 46.3 Å². The molecular weight excluding hydrogens is 584 g/mol. The molecule has 4 heterocycles. The predicted octanol–water partition coefficient (Wildman–Crippen LogP) is 7.78.